The summed E-state index contributed by atoms with van der Waals surface area (Å²) in [4.78, 5) is 11.2. The van der Waals surface area contributed by atoms with Crippen LogP contribution < -0.4 is 10.5 Å². The molecule has 0 spiro atoms. The van der Waals surface area contributed by atoms with E-state index in [2.05, 4.69) is 13.8 Å². The van der Waals surface area contributed by atoms with Gasteiger partial charge >= 0.3 is 5.97 Å². The second-order valence-electron chi connectivity index (χ2n) is 6.16. The van der Waals surface area contributed by atoms with Crippen molar-refractivity contribution in [3.63, 3.8) is 0 Å². The Labute approximate surface area is 119 Å². The van der Waals surface area contributed by atoms with E-state index in [4.69, 9.17) is 15.6 Å². The van der Waals surface area contributed by atoms with E-state index in [-0.39, 0.29) is 11.7 Å². The van der Waals surface area contributed by atoms with Crippen LogP contribution >= 0.6 is 0 Å². The number of ether oxygens (including phenoxy) is 1. The van der Waals surface area contributed by atoms with Crippen molar-refractivity contribution in [2.75, 3.05) is 5.73 Å². The van der Waals surface area contributed by atoms with E-state index >= 15 is 0 Å². The third-order valence-corrected chi connectivity index (χ3v) is 4.03. The molecule has 1 fully saturated rings. The number of anilines is 1. The van der Waals surface area contributed by atoms with Crippen molar-refractivity contribution >= 4 is 11.7 Å². The maximum atomic E-state index is 11.2. The molecule has 0 bridgehead atoms. The first-order valence-electron chi connectivity index (χ1n) is 7.17. The van der Waals surface area contributed by atoms with Crippen LogP contribution in [-0.4, -0.2) is 17.2 Å². The third kappa shape index (κ3) is 3.24. The third-order valence-electron chi connectivity index (χ3n) is 4.03. The lowest BCUT2D eigenvalue weighted by Gasteiger charge is -2.31. The van der Waals surface area contributed by atoms with Crippen LogP contribution in [-0.2, 0) is 0 Å². The Hall–Kier alpha value is -1.71. The molecule has 0 radical (unpaired) electrons. The van der Waals surface area contributed by atoms with Crippen molar-refractivity contribution in [2.45, 2.75) is 46.1 Å². The summed E-state index contributed by atoms with van der Waals surface area (Å²) in [5.74, 6) is 0.900. The number of hydrogen-bond acceptors (Lipinski definition) is 3. The van der Waals surface area contributed by atoms with E-state index in [9.17, 15) is 4.79 Å². The maximum Gasteiger partial charge on any atom is 0.337 e. The van der Waals surface area contributed by atoms with Crippen molar-refractivity contribution in [2.24, 2.45) is 11.8 Å². The summed E-state index contributed by atoms with van der Waals surface area (Å²) >= 11 is 0. The van der Waals surface area contributed by atoms with Crippen LogP contribution in [0.1, 0.15) is 49.0 Å². The van der Waals surface area contributed by atoms with Crippen LogP contribution in [0.5, 0.6) is 5.75 Å². The largest absolute Gasteiger partial charge is 0.490 e. The Morgan fingerprint density at radius 2 is 1.85 bits per heavy atom. The summed E-state index contributed by atoms with van der Waals surface area (Å²) in [5.41, 5.74) is 6.98. The maximum absolute atomic E-state index is 11.2. The van der Waals surface area contributed by atoms with E-state index in [1.807, 2.05) is 6.07 Å². The molecule has 0 amide bonds. The molecular weight excluding hydrogens is 254 g/mol. The fourth-order valence-electron chi connectivity index (χ4n) is 3.17. The average Bonchev–Trinajstić information content (AvgIpc) is 2.31. The van der Waals surface area contributed by atoms with Gasteiger partial charge in [0.25, 0.3) is 0 Å². The summed E-state index contributed by atoms with van der Waals surface area (Å²) in [6, 6.07) is 3.36. The number of nitrogen functional groups attached to an aromatic ring is 1. The Kier molecular flexibility index (Phi) is 4.21. The molecule has 0 heterocycles. The summed E-state index contributed by atoms with van der Waals surface area (Å²) in [5, 5.41) is 9.17. The minimum absolute atomic E-state index is 0.122. The second-order valence-corrected chi connectivity index (χ2v) is 6.16. The van der Waals surface area contributed by atoms with E-state index in [0.29, 0.717) is 23.3 Å². The first-order valence-corrected chi connectivity index (χ1v) is 7.17. The molecule has 1 aliphatic rings. The minimum atomic E-state index is -1.01. The molecule has 1 saturated carbocycles. The summed E-state index contributed by atoms with van der Waals surface area (Å²) in [7, 11) is 0. The van der Waals surface area contributed by atoms with E-state index in [1.165, 1.54) is 12.5 Å². The number of aryl methyl sites for hydroxylation is 1. The number of hydrogen-bond donors (Lipinski definition) is 2. The number of aromatic carboxylic acids is 1. The van der Waals surface area contributed by atoms with Crippen LogP contribution in [0.15, 0.2) is 12.1 Å². The lowest BCUT2D eigenvalue weighted by atomic mass is 9.82. The molecule has 1 aromatic carbocycles. The fraction of sp³-hybridized carbons (Fsp3) is 0.562. The number of carboxylic acids is 1. The van der Waals surface area contributed by atoms with Crippen molar-refractivity contribution in [1.82, 2.24) is 0 Å². The Morgan fingerprint density at radius 3 is 2.40 bits per heavy atom. The molecule has 1 aliphatic carbocycles. The van der Waals surface area contributed by atoms with Gasteiger partial charge in [-0.05, 0) is 55.7 Å². The first-order chi connectivity index (χ1) is 9.36. The van der Waals surface area contributed by atoms with Gasteiger partial charge in [0.2, 0.25) is 0 Å². The number of nitrogens with two attached hydrogens (primary N) is 1. The average molecular weight is 277 g/mol. The SMILES string of the molecule is Cc1cc(OC2CC(C)CC(C)C2)cc(C(=O)O)c1N. The highest BCUT2D eigenvalue weighted by molar-refractivity contribution is 5.95. The predicted molar refractivity (Wildman–Crippen MR) is 79.1 cm³/mol. The monoisotopic (exact) mass is 277 g/mol. The Morgan fingerprint density at radius 1 is 1.25 bits per heavy atom. The highest BCUT2D eigenvalue weighted by Crippen LogP contribution is 2.32. The lowest BCUT2D eigenvalue weighted by molar-refractivity contribution is 0.0695. The summed E-state index contributed by atoms with van der Waals surface area (Å²) < 4.78 is 6.00. The van der Waals surface area contributed by atoms with E-state index in [0.717, 1.165) is 18.4 Å². The van der Waals surface area contributed by atoms with Gasteiger partial charge in [0.15, 0.2) is 0 Å². The van der Waals surface area contributed by atoms with Gasteiger partial charge in [-0.3, -0.25) is 0 Å². The van der Waals surface area contributed by atoms with Gasteiger partial charge < -0.3 is 15.6 Å². The quantitative estimate of drug-likeness (QED) is 0.830. The molecular formula is C16H23NO3. The minimum Gasteiger partial charge on any atom is -0.490 e. The molecule has 0 saturated heterocycles. The van der Waals surface area contributed by atoms with Gasteiger partial charge in [-0.15, -0.1) is 0 Å². The number of carboxylic acid groups (broad SMARTS) is 1. The molecule has 20 heavy (non-hydrogen) atoms. The van der Waals surface area contributed by atoms with Crippen LogP contribution in [0.2, 0.25) is 0 Å². The standard InChI is InChI=1S/C16H23NO3/c1-9-4-10(2)6-12(5-9)20-13-7-11(3)15(17)14(8-13)16(18)19/h7-10,12H,4-6,17H2,1-3H3,(H,18,19). The van der Waals surface area contributed by atoms with E-state index < -0.39 is 5.97 Å². The molecule has 2 unspecified atom stereocenters. The molecule has 1 aromatic rings. The molecule has 4 heteroatoms. The highest BCUT2D eigenvalue weighted by Gasteiger charge is 2.25. The lowest BCUT2D eigenvalue weighted by Crippen LogP contribution is -2.28. The highest BCUT2D eigenvalue weighted by atomic mass is 16.5. The molecule has 110 valence electrons. The van der Waals surface area contributed by atoms with Gasteiger partial charge in [-0.25, -0.2) is 4.79 Å². The Bertz CT molecular complexity index is 503. The number of carbonyl (C=O) groups is 1. The molecule has 0 aliphatic heterocycles. The van der Waals surface area contributed by atoms with Crippen LogP contribution in [0.4, 0.5) is 5.69 Å². The molecule has 2 rings (SSSR count). The van der Waals surface area contributed by atoms with Gasteiger partial charge in [0, 0.05) is 5.69 Å². The van der Waals surface area contributed by atoms with Crippen molar-refractivity contribution < 1.29 is 14.6 Å². The first kappa shape index (κ1) is 14.7. The summed E-state index contributed by atoms with van der Waals surface area (Å²) in [6.45, 7) is 6.28. The summed E-state index contributed by atoms with van der Waals surface area (Å²) in [6.07, 6.45) is 3.45. The van der Waals surface area contributed by atoms with Crippen molar-refractivity contribution in [3.8, 4) is 5.75 Å². The fourth-order valence-corrected chi connectivity index (χ4v) is 3.17. The molecule has 3 N–H and O–H groups in total. The molecule has 4 nitrogen and oxygen atoms in total. The van der Waals surface area contributed by atoms with Gasteiger partial charge in [-0.1, -0.05) is 13.8 Å². The van der Waals surface area contributed by atoms with Crippen molar-refractivity contribution in [1.29, 1.82) is 0 Å². The normalized spacial score (nSPS) is 26.2. The predicted octanol–water partition coefficient (Wildman–Crippen LogP) is 3.48. The van der Waals surface area contributed by atoms with Crippen LogP contribution in [0.25, 0.3) is 0 Å². The zero-order valence-electron chi connectivity index (χ0n) is 12.3. The second kappa shape index (κ2) is 5.73. The Balaban J connectivity index is 2.19. The zero-order chi connectivity index (χ0) is 14.9. The van der Waals surface area contributed by atoms with Gasteiger partial charge in [0.05, 0.1) is 11.7 Å². The zero-order valence-corrected chi connectivity index (χ0v) is 12.3. The van der Waals surface area contributed by atoms with Crippen molar-refractivity contribution in [3.05, 3.63) is 23.3 Å². The van der Waals surface area contributed by atoms with Gasteiger partial charge in [-0.2, -0.15) is 0 Å². The smallest absolute Gasteiger partial charge is 0.337 e. The van der Waals surface area contributed by atoms with Gasteiger partial charge in [0.1, 0.15) is 5.75 Å². The van der Waals surface area contributed by atoms with E-state index in [1.54, 1.807) is 6.92 Å². The molecule has 0 aromatic heterocycles. The topological polar surface area (TPSA) is 72.5 Å². The van der Waals surface area contributed by atoms with Crippen LogP contribution in [0, 0.1) is 18.8 Å². The molecule has 2 atom stereocenters. The number of rotatable bonds is 3. The van der Waals surface area contributed by atoms with Crippen LogP contribution in [0.3, 0.4) is 0 Å². The number of benzene rings is 1.